The van der Waals surface area contributed by atoms with Gasteiger partial charge in [0.1, 0.15) is 11.6 Å². The van der Waals surface area contributed by atoms with Crippen LogP contribution in [0.2, 0.25) is 0 Å². The van der Waals surface area contributed by atoms with Gasteiger partial charge >= 0.3 is 0 Å². The zero-order valence-corrected chi connectivity index (χ0v) is 24.2. The number of hydrogen-bond donors (Lipinski definition) is 2. The Morgan fingerprint density at radius 1 is 0.976 bits per heavy atom. The van der Waals surface area contributed by atoms with Crippen LogP contribution in [-0.4, -0.2) is 65.9 Å². The first-order valence-electron chi connectivity index (χ1n) is 14.2. The van der Waals surface area contributed by atoms with Crippen molar-refractivity contribution < 1.29 is 9.59 Å². The van der Waals surface area contributed by atoms with Crippen molar-refractivity contribution in [2.75, 3.05) is 48.8 Å². The first-order chi connectivity index (χ1) is 20.3. The van der Waals surface area contributed by atoms with E-state index in [4.69, 9.17) is 0 Å². The second-order valence-electron chi connectivity index (χ2n) is 11.1. The molecule has 1 atom stereocenters. The number of rotatable bonds is 7. The fourth-order valence-electron chi connectivity index (χ4n) is 5.53. The number of nitrogens with one attached hydrogen (secondary N) is 2. The first-order valence-corrected chi connectivity index (χ1v) is 14.2. The summed E-state index contributed by atoms with van der Waals surface area (Å²) >= 11 is 0. The average molecular weight is 562 g/mol. The zero-order valence-electron chi connectivity index (χ0n) is 24.2. The topological polar surface area (TPSA) is 94.9 Å². The molecule has 0 spiro atoms. The minimum absolute atomic E-state index is 0.0660. The molecule has 2 aliphatic heterocycles. The molecule has 214 valence electrons. The highest BCUT2D eigenvalue weighted by atomic mass is 16.2. The van der Waals surface area contributed by atoms with Crippen molar-refractivity contribution in [3.63, 3.8) is 0 Å². The molecule has 2 aliphatic rings. The van der Waals surface area contributed by atoms with E-state index in [0.717, 1.165) is 65.6 Å². The molecule has 1 saturated heterocycles. The minimum atomic E-state index is -0.439. The number of hydrogen-bond acceptors (Lipinski definition) is 6. The SMILES string of the molecule is Cc1cc(C(=O)Nc2ccc(Cc3ccc4c(c3)C(C=Nc3ccc(N5CCN(C)CC5)cc3)C(=O)N4)cc2)n(C)n1. The van der Waals surface area contributed by atoms with Gasteiger partial charge in [-0.2, -0.15) is 5.10 Å². The maximum Gasteiger partial charge on any atom is 0.273 e. The third kappa shape index (κ3) is 5.96. The molecule has 1 aromatic heterocycles. The lowest BCUT2D eigenvalue weighted by atomic mass is 9.96. The summed E-state index contributed by atoms with van der Waals surface area (Å²) < 4.78 is 1.58. The van der Waals surface area contributed by atoms with E-state index in [1.807, 2.05) is 55.5 Å². The van der Waals surface area contributed by atoms with Crippen LogP contribution in [0, 0.1) is 6.92 Å². The van der Waals surface area contributed by atoms with Gasteiger partial charge in [0.15, 0.2) is 0 Å². The predicted molar refractivity (Wildman–Crippen MR) is 167 cm³/mol. The fourth-order valence-corrected chi connectivity index (χ4v) is 5.53. The smallest absolute Gasteiger partial charge is 0.273 e. The highest BCUT2D eigenvalue weighted by Gasteiger charge is 2.29. The lowest BCUT2D eigenvalue weighted by Gasteiger charge is -2.34. The van der Waals surface area contributed by atoms with Crippen molar-refractivity contribution in [1.29, 1.82) is 0 Å². The van der Waals surface area contributed by atoms with Gasteiger partial charge < -0.3 is 20.4 Å². The van der Waals surface area contributed by atoms with Crippen LogP contribution in [0.1, 0.15) is 38.8 Å². The van der Waals surface area contributed by atoms with Gasteiger partial charge in [-0.1, -0.05) is 24.3 Å². The van der Waals surface area contributed by atoms with Crippen molar-refractivity contribution in [3.8, 4) is 0 Å². The van der Waals surface area contributed by atoms with E-state index >= 15 is 0 Å². The van der Waals surface area contributed by atoms with Gasteiger partial charge in [-0.05, 0) is 85.6 Å². The van der Waals surface area contributed by atoms with Crippen LogP contribution in [0.15, 0.2) is 77.8 Å². The Labute approximate surface area is 245 Å². The van der Waals surface area contributed by atoms with Crippen LogP contribution in [-0.2, 0) is 18.3 Å². The van der Waals surface area contributed by atoms with Crippen molar-refractivity contribution in [3.05, 3.63) is 101 Å². The average Bonchev–Trinajstić information content (AvgIpc) is 3.50. The minimum Gasteiger partial charge on any atom is -0.369 e. The first kappa shape index (κ1) is 27.4. The number of likely N-dealkylation sites (N-methyl/N-ethyl adjacent to an activating group) is 1. The molecule has 0 aliphatic carbocycles. The van der Waals surface area contributed by atoms with Gasteiger partial charge in [0, 0.05) is 56.5 Å². The zero-order chi connectivity index (χ0) is 29.2. The third-order valence-corrected chi connectivity index (χ3v) is 7.94. The number of nitrogens with zero attached hydrogens (tertiary/aromatic N) is 5. The van der Waals surface area contributed by atoms with E-state index in [9.17, 15) is 9.59 Å². The van der Waals surface area contributed by atoms with E-state index in [0.29, 0.717) is 12.1 Å². The summed E-state index contributed by atoms with van der Waals surface area (Å²) in [5.41, 5.74) is 8.03. The van der Waals surface area contributed by atoms with Crippen LogP contribution in [0.25, 0.3) is 0 Å². The third-order valence-electron chi connectivity index (χ3n) is 7.94. The van der Waals surface area contributed by atoms with Crippen LogP contribution in [0.3, 0.4) is 0 Å². The highest BCUT2D eigenvalue weighted by molar-refractivity contribution is 6.12. The maximum absolute atomic E-state index is 12.8. The summed E-state index contributed by atoms with van der Waals surface area (Å²) in [6.45, 7) is 6.03. The monoisotopic (exact) mass is 561 g/mol. The van der Waals surface area contributed by atoms with Gasteiger partial charge in [0.25, 0.3) is 5.91 Å². The summed E-state index contributed by atoms with van der Waals surface area (Å²) in [6, 6.07) is 23.9. The normalized spacial score (nSPS) is 17.0. The lowest BCUT2D eigenvalue weighted by molar-refractivity contribution is -0.115. The summed E-state index contributed by atoms with van der Waals surface area (Å²) in [5, 5.41) is 10.2. The lowest BCUT2D eigenvalue weighted by Crippen LogP contribution is -2.44. The quantitative estimate of drug-likeness (QED) is 0.317. The highest BCUT2D eigenvalue weighted by Crippen LogP contribution is 2.33. The van der Waals surface area contributed by atoms with E-state index in [1.54, 1.807) is 24.0 Å². The molecule has 0 radical (unpaired) electrons. The van der Waals surface area contributed by atoms with Crippen molar-refractivity contribution >= 4 is 40.8 Å². The molecule has 1 unspecified atom stereocenters. The van der Waals surface area contributed by atoms with Gasteiger partial charge in [0.05, 0.1) is 11.4 Å². The Bertz CT molecular complexity index is 1630. The molecule has 9 heteroatoms. The number of anilines is 3. The maximum atomic E-state index is 12.8. The van der Waals surface area contributed by atoms with Crippen LogP contribution in [0.4, 0.5) is 22.7 Å². The Hall–Kier alpha value is -4.76. The number of amides is 2. The molecular weight excluding hydrogens is 526 g/mol. The summed E-state index contributed by atoms with van der Waals surface area (Å²) in [5.74, 6) is -0.700. The molecule has 2 amide bonds. The number of aromatic nitrogens is 2. The predicted octanol–water partition coefficient (Wildman–Crippen LogP) is 4.76. The number of carbonyl (C=O) groups excluding carboxylic acids is 2. The molecule has 1 fully saturated rings. The molecule has 6 rings (SSSR count). The molecule has 0 bridgehead atoms. The van der Waals surface area contributed by atoms with E-state index in [2.05, 4.69) is 55.8 Å². The van der Waals surface area contributed by atoms with E-state index in [-0.39, 0.29) is 11.8 Å². The summed E-state index contributed by atoms with van der Waals surface area (Å²) in [6.07, 6.45) is 2.45. The number of benzene rings is 3. The molecular formula is C33H35N7O2. The molecule has 9 nitrogen and oxygen atoms in total. The molecule has 3 aromatic carbocycles. The van der Waals surface area contributed by atoms with E-state index in [1.165, 1.54) is 5.69 Å². The summed E-state index contributed by atoms with van der Waals surface area (Å²) in [7, 11) is 3.91. The Kier molecular flexibility index (Phi) is 7.58. The van der Waals surface area contributed by atoms with Gasteiger partial charge in [-0.15, -0.1) is 0 Å². The standard InChI is InChI=1S/C33H35N7O2/c1-22-18-31(39(3)37-22)33(42)35-26-7-4-23(5-8-26)19-24-6-13-30-28(20-24)29(32(41)36-30)21-34-25-9-11-27(12-10-25)40-16-14-38(2)15-17-40/h4-13,18,20-21,29H,14-17,19H2,1-3H3,(H,35,42)(H,36,41). The number of piperazine rings is 1. The van der Waals surface area contributed by atoms with Gasteiger partial charge in [-0.25, -0.2) is 0 Å². The van der Waals surface area contributed by atoms with Crippen LogP contribution >= 0.6 is 0 Å². The van der Waals surface area contributed by atoms with Crippen molar-refractivity contribution in [1.82, 2.24) is 14.7 Å². The Morgan fingerprint density at radius 2 is 1.69 bits per heavy atom. The Morgan fingerprint density at radius 3 is 2.38 bits per heavy atom. The van der Waals surface area contributed by atoms with Gasteiger partial charge in [-0.3, -0.25) is 19.3 Å². The van der Waals surface area contributed by atoms with Crippen molar-refractivity contribution in [2.45, 2.75) is 19.3 Å². The fraction of sp³-hybridized carbons (Fsp3) is 0.273. The largest absolute Gasteiger partial charge is 0.369 e. The molecule has 4 aromatic rings. The van der Waals surface area contributed by atoms with Crippen LogP contribution in [0.5, 0.6) is 0 Å². The number of aryl methyl sites for hydroxylation is 2. The van der Waals surface area contributed by atoms with E-state index < -0.39 is 5.92 Å². The molecule has 3 heterocycles. The molecule has 42 heavy (non-hydrogen) atoms. The number of fused-ring (bicyclic) bond motifs is 1. The summed E-state index contributed by atoms with van der Waals surface area (Å²) in [4.78, 5) is 34.8. The molecule has 0 saturated carbocycles. The Balaban J connectivity index is 1.10. The number of carbonyl (C=O) groups is 2. The van der Waals surface area contributed by atoms with Crippen LogP contribution < -0.4 is 15.5 Å². The number of aliphatic imine (C=N–C) groups is 1. The van der Waals surface area contributed by atoms with Gasteiger partial charge in [0.2, 0.25) is 5.91 Å². The second-order valence-corrected chi connectivity index (χ2v) is 11.1. The second kappa shape index (κ2) is 11.6. The van der Waals surface area contributed by atoms with Crippen molar-refractivity contribution in [2.24, 2.45) is 12.0 Å². The molecule has 2 N–H and O–H groups in total.